The van der Waals surface area contributed by atoms with E-state index in [0.29, 0.717) is 17.1 Å². The summed E-state index contributed by atoms with van der Waals surface area (Å²) in [5.41, 5.74) is 7.73. The summed E-state index contributed by atoms with van der Waals surface area (Å²) in [5.74, 6) is 0.451. The molecule has 0 unspecified atom stereocenters. The second kappa shape index (κ2) is 5.09. The molecule has 0 fully saturated rings. The molecule has 0 saturated carbocycles. The average Bonchev–Trinajstić information content (AvgIpc) is 2.73. The fourth-order valence-corrected chi connectivity index (χ4v) is 2.27. The zero-order chi connectivity index (χ0) is 15.0. The number of aromatic nitrogens is 3. The molecule has 106 valence electrons. The van der Waals surface area contributed by atoms with Crippen LogP contribution in [0, 0.1) is 17.0 Å². The SMILES string of the molecule is Cc1cc([N+](=O)[O-])c(Cl)cc1-n1nnc(N)c1C(C)C. The Hall–Kier alpha value is -2.15. The monoisotopic (exact) mass is 295 g/mol. The third-order valence-electron chi connectivity index (χ3n) is 2.97. The standard InChI is InChI=1S/C12H14ClN5O2/c1-6(2)11-12(14)15-16-17(11)9-5-8(13)10(18(19)20)4-7(9)3/h4-6H,14H2,1-3H3. The third-order valence-corrected chi connectivity index (χ3v) is 3.27. The van der Waals surface area contributed by atoms with Gasteiger partial charge in [-0.1, -0.05) is 30.7 Å². The molecule has 0 aliphatic carbocycles. The Bertz CT molecular complexity index is 681. The highest BCUT2D eigenvalue weighted by molar-refractivity contribution is 6.32. The maximum atomic E-state index is 10.9. The van der Waals surface area contributed by atoms with Crippen LogP contribution in [-0.2, 0) is 0 Å². The average molecular weight is 296 g/mol. The van der Waals surface area contributed by atoms with Gasteiger partial charge in [-0.2, -0.15) is 0 Å². The molecule has 1 aromatic heterocycles. The van der Waals surface area contributed by atoms with Crippen LogP contribution in [0.3, 0.4) is 0 Å². The molecule has 1 aromatic carbocycles. The molecule has 0 atom stereocenters. The lowest BCUT2D eigenvalue weighted by molar-refractivity contribution is -0.384. The van der Waals surface area contributed by atoms with Gasteiger partial charge in [0.25, 0.3) is 5.69 Å². The van der Waals surface area contributed by atoms with E-state index in [-0.39, 0.29) is 16.6 Å². The number of nitro benzene ring substituents is 1. The van der Waals surface area contributed by atoms with E-state index in [2.05, 4.69) is 10.3 Å². The molecule has 0 aliphatic rings. The van der Waals surface area contributed by atoms with Crippen molar-refractivity contribution in [3.8, 4) is 5.69 Å². The Morgan fingerprint density at radius 2 is 2.10 bits per heavy atom. The first-order valence-corrected chi connectivity index (χ1v) is 6.36. The summed E-state index contributed by atoms with van der Waals surface area (Å²) in [5, 5.41) is 18.8. The van der Waals surface area contributed by atoms with Crippen molar-refractivity contribution in [3.05, 3.63) is 38.5 Å². The van der Waals surface area contributed by atoms with Gasteiger partial charge in [-0.25, -0.2) is 4.68 Å². The molecule has 20 heavy (non-hydrogen) atoms. The van der Waals surface area contributed by atoms with Gasteiger partial charge in [0.05, 0.1) is 16.3 Å². The maximum absolute atomic E-state index is 10.9. The number of rotatable bonds is 3. The largest absolute Gasteiger partial charge is 0.381 e. The minimum Gasteiger partial charge on any atom is -0.381 e. The topological polar surface area (TPSA) is 99.9 Å². The van der Waals surface area contributed by atoms with Gasteiger partial charge in [0.15, 0.2) is 5.82 Å². The molecule has 2 aromatic rings. The van der Waals surface area contributed by atoms with Crippen molar-refractivity contribution in [2.24, 2.45) is 0 Å². The third kappa shape index (κ3) is 2.32. The molecule has 0 amide bonds. The van der Waals surface area contributed by atoms with Crippen LogP contribution in [0.4, 0.5) is 11.5 Å². The first kappa shape index (κ1) is 14.3. The van der Waals surface area contributed by atoms with E-state index in [1.165, 1.54) is 12.1 Å². The number of halogens is 1. The summed E-state index contributed by atoms with van der Waals surface area (Å²) in [6, 6.07) is 2.93. The van der Waals surface area contributed by atoms with Crippen molar-refractivity contribution in [2.45, 2.75) is 26.7 Å². The number of nitrogens with zero attached hydrogens (tertiary/aromatic N) is 4. The molecular weight excluding hydrogens is 282 g/mol. The normalized spacial score (nSPS) is 11.1. The summed E-state index contributed by atoms with van der Waals surface area (Å²) in [6.45, 7) is 5.68. The Labute approximate surface area is 120 Å². The highest BCUT2D eigenvalue weighted by Crippen LogP contribution is 2.31. The van der Waals surface area contributed by atoms with Crippen LogP contribution in [-0.4, -0.2) is 19.9 Å². The molecular formula is C12H14ClN5O2. The number of nitrogen functional groups attached to an aromatic ring is 1. The number of nitro groups is 1. The summed E-state index contributed by atoms with van der Waals surface area (Å²) >= 11 is 5.95. The van der Waals surface area contributed by atoms with Crippen LogP contribution in [0.5, 0.6) is 0 Å². The summed E-state index contributed by atoms with van der Waals surface area (Å²) in [6.07, 6.45) is 0. The molecule has 0 saturated heterocycles. The number of aryl methyl sites for hydroxylation is 1. The van der Waals surface area contributed by atoms with E-state index in [0.717, 1.165) is 5.69 Å². The first-order valence-electron chi connectivity index (χ1n) is 5.99. The molecule has 0 bridgehead atoms. The maximum Gasteiger partial charge on any atom is 0.288 e. The second-order valence-corrected chi connectivity index (χ2v) is 5.18. The molecule has 7 nitrogen and oxygen atoms in total. The Kier molecular flexibility index (Phi) is 3.63. The van der Waals surface area contributed by atoms with Crippen molar-refractivity contribution in [1.29, 1.82) is 0 Å². The minimum absolute atomic E-state index is 0.0550. The van der Waals surface area contributed by atoms with Crippen LogP contribution < -0.4 is 5.73 Å². The minimum atomic E-state index is -0.516. The molecule has 2 rings (SSSR count). The molecule has 0 radical (unpaired) electrons. The Morgan fingerprint density at radius 1 is 1.45 bits per heavy atom. The van der Waals surface area contributed by atoms with E-state index >= 15 is 0 Å². The van der Waals surface area contributed by atoms with Gasteiger partial charge in [0.2, 0.25) is 0 Å². The number of anilines is 1. The summed E-state index contributed by atoms with van der Waals surface area (Å²) in [4.78, 5) is 10.4. The van der Waals surface area contributed by atoms with Crippen LogP contribution in [0.2, 0.25) is 5.02 Å². The van der Waals surface area contributed by atoms with Crippen molar-refractivity contribution < 1.29 is 4.92 Å². The van der Waals surface area contributed by atoms with Crippen molar-refractivity contribution in [1.82, 2.24) is 15.0 Å². The molecule has 1 heterocycles. The van der Waals surface area contributed by atoms with Crippen LogP contribution in [0.25, 0.3) is 5.69 Å². The molecule has 0 spiro atoms. The molecule has 2 N–H and O–H groups in total. The lowest BCUT2D eigenvalue weighted by Crippen LogP contribution is -2.07. The van der Waals surface area contributed by atoms with E-state index in [1.807, 2.05) is 13.8 Å². The molecule has 0 aliphatic heterocycles. The lowest BCUT2D eigenvalue weighted by Gasteiger charge is -2.12. The van der Waals surface area contributed by atoms with Gasteiger partial charge in [0, 0.05) is 6.07 Å². The summed E-state index contributed by atoms with van der Waals surface area (Å²) < 4.78 is 1.57. The lowest BCUT2D eigenvalue weighted by atomic mass is 10.1. The van der Waals surface area contributed by atoms with Crippen LogP contribution >= 0.6 is 11.6 Å². The fraction of sp³-hybridized carbons (Fsp3) is 0.333. The van der Waals surface area contributed by atoms with E-state index in [1.54, 1.807) is 11.6 Å². The van der Waals surface area contributed by atoms with Crippen molar-refractivity contribution in [2.75, 3.05) is 5.73 Å². The quantitative estimate of drug-likeness (QED) is 0.693. The van der Waals surface area contributed by atoms with Crippen LogP contribution in [0.1, 0.15) is 31.0 Å². The predicted octanol–water partition coefficient (Wildman–Crippen LogP) is 2.84. The fourth-order valence-electron chi connectivity index (χ4n) is 2.04. The van der Waals surface area contributed by atoms with E-state index < -0.39 is 4.92 Å². The zero-order valence-corrected chi connectivity index (χ0v) is 12.0. The Balaban J connectivity index is 2.66. The number of hydrogen-bond acceptors (Lipinski definition) is 5. The predicted molar refractivity (Wildman–Crippen MR) is 76.3 cm³/mol. The van der Waals surface area contributed by atoms with Gasteiger partial charge >= 0.3 is 0 Å². The highest BCUT2D eigenvalue weighted by atomic mass is 35.5. The number of benzene rings is 1. The zero-order valence-electron chi connectivity index (χ0n) is 11.3. The number of hydrogen-bond donors (Lipinski definition) is 1. The van der Waals surface area contributed by atoms with Gasteiger partial charge in [-0.15, -0.1) is 5.10 Å². The first-order chi connectivity index (χ1) is 9.32. The highest BCUT2D eigenvalue weighted by Gasteiger charge is 2.20. The van der Waals surface area contributed by atoms with Gasteiger partial charge in [-0.3, -0.25) is 10.1 Å². The summed E-state index contributed by atoms with van der Waals surface area (Å²) in [7, 11) is 0. The Morgan fingerprint density at radius 3 is 2.65 bits per heavy atom. The van der Waals surface area contributed by atoms with Gasteiger partial charge in [-0.05, 0) is 24.5 Å². The van der Waals surface area contributed by atoms with E-state index in [4.69, 9.17) is 17.3 Å². The van der Waals surface area contributed by atoms with Crippen molar-refractivity contribution in [3.63, 3.8) is 0 Å². The van der Waals surface area contributed by atoms with Crippen molar-refractivity contribution >= 4 is 23.1 Å². The van der Waals surface area contributed by atoms with Crippen LogP contribution in [0.15, 0.2) is 12.1 Å². The van der Waals surface area contributed by atoms with E-state index in [9.17, 15) is 10.1 Å². The second-order valence-electron chi connectivity index (χ2n) is 4.77. The smallest absolute Gasteiger partial charge is 0.288 e. The number of nitrogens with two attached hydrogens (primary N) is 1. The molecule has 8 heteroatoms. The van der Waals surface area contributed by atoms with Gasteiger partial charge < -0.3 is 5.73 Å². The van der Waals surface area contributed by atoms with Gasteiger partial charge in [0.1, 0.15) is 5.02 Å².